The molecule has 0 heterocycles. The fourth-order valence-electron chi connectivity index (χ4n) is 5.00. The summed E-state index contributed by atoms with van der Waals surface area (Å²) in [5.74, 6) is -1.06. The molecule has 0 aromatic heterocycles. The normalized spacial score (nSPS) is 14.5. The first-order valence-electron chi connectivity index (χ1n) is 13.8. The lowest BCUT2D eigenvalue weighted by atomic mass is 9.95. The third-order valence-corrected chi connectivity index (χ3v) is 9.92. The standard InChI is InChI=1S/C30H32Cl2N4O6S/c1-21(30(38)33-23-9-4-2-5-10-23)34(19-22-15-16-27(31)28(32)17-22)29(37)20-35(24-11-8-12-25(18-24)36(39)40)43(41,42)26-13-6-3-7-14-26/h3,6-8,11-18,21,23H,2,4-5,9-10,19-20H2,1H3,(H,33,38)/t21-/m0/s1. The number of sulfonamides is 1. The molecule has 1 fully saturated rings. The summed E-state index contributed by atoms with van der Waals surface area (Å²) in [7, 11) is -4.35. The molecule has 43 heavy (non-hydrogen) atoms. The number of anilines is 1. The van der Waals surface area contributed by atoms with Crippen LogP contribution in [-0.2, 0) is 26.2 Å². The van der Waals surface area contributed by atoms with Crippen LogP contribution in [0.2, 0.25) is 10.0 Å². The number of nitrogens with one attached hydrogen (secondary N) is 1. The van der Waals surface area contributed by atoms with Crippen molar-refractivity contribution in [1.29, 1.82) is 0 Å². The highest BCUT2D eigenvalue weighted by Crippen LogP contribution is 2.28. The second kappa shape index (κ2) is 14.2. The van der Waals surface area contributed by atoms with Crippen LogP contribution in [0, 0.1) is 10.1 Å². The quantitative estimate of drug-likeness (QED) is 0.202. The van der Waals surface area contributed by atoms with Crippen molar-refractivity contribution in [3.63, 3.8) is 0 Å². The van der Waals surface area contributed by atoms with Crippen LogP contribution in [0.4, 0.5) is 11.4 Å². The summed E-state index contributed by atoms with van der Waals surface area (Å²) in [4.78, 5) is 39.5. The molecule has 1 aliphatic carbocycles. The Morgan fingerprint density at radius 2 is 1.67 bits per heavy atom. The Bertz CT molecular complexity index is 1580. The molecule has 0 spiro atoms. The van der Waals surface area contributed by atoms with Gasteiger partial charge < -0.3 is 10.2 Å². The Balaban J connectivity index is 1.71. The molecule has 3 aromatic carbocycles. The van der Waals surface area contributed by atoms with E-state index in [0.29, 0.717) is 10.6 Å². The lowest BCUT2D eigenvalue weighted by Gasteiger charge is -2.33. The molecule has 2 amide bonds. The van der Waals surface area contributed by atoms with E-state index in [4.69, 9.17) is 23.2 Å². The van der Waals surface area contributed by atoms with Crippen molar-refractivity contribution in [3.8, 4) is 0 Å². The molecule has 0 aliphatic heterocycles. The van der Waals surface area contributed by atoms with E-state index >= 15 is 0 Å². The van der Waals surface area contributed by atoms with Crippen molar-refractivity contribution in [2.24, 2.45) is 0 Å². The third-order valence-electron chi connectivity index (χ3n) is 7.39. The zero-order valence-electron chi connectivity index (χ0n) is 23.5. The van der Waals surface area contributed by atoms with E-state index in [9.17, 15) is 28.1 Å². The molecule has 0 saturated heterocycles. The van der Waals surface area contributed by atoms with E-state index in [-0.39, 0.29) is 39.8 Å². The van der Waals surface area contributed by atoms with Gasteiger partial charge in [0.25, 0.3) is 15.7 Å². The van der Waals surface area contributed by atoms with Gasteiger partial charge in [-0.1, -0.05) is 72.8 Å². The number of benzene rings is 3. The molecule has 10 nitrogen and oxygen atoms in total. The predicted molar refractivity (Wildman–Crippen MR) is 166 cm³/mol. The summed E-state index contributed by atoms with van der Waals surface area (Å²) >= 11 is 12.3. The highest BCUT2D eigenvalue weighted by molar-refractivity contribution is 7.92. The average Bonchev–Trinajstić information content (AvgIpc) is 3.00. The van der Waals surface area contributed by atoms with E-state index in [1.54, 1.807) is 31.2 Å². The topological polar surface area (TPSA) is 130 Å². The first kappa shape index (κ1) is 32.2. The minimum absolute atomic E-state index is 0.00884. The van der Waals surface area contributed by atoms with Crippen molar-refractivity contribution < 1.29 is 22.9 Å². The highest BCUT2D eigenvalue weighted by atomic mass is 35.5. The third kappa shape index (κ3) is 8.04. The Morgan fingerprint density at radius 1 is 0.977 bits per heavy atom. The van der Waals surface area contributed by atoms with Gasteiger partial charge in [0.15, 0.2) is 0 Å². The van der Waals surface area contributed by atoms with Crippen molar-refractivity contribution in [2.75, 3.05) is 10.8 Å². The summed E-state index contributed by atoms with van der Waals surface area (Å²) in [6.45, 7) is 0.793. The Labute approximate surface area is 260 Å². The minimum Gasteiger partial charge on any atom is -0.352 e. The fourth-order valence-corrected chi connectivity index (χ4v) is 6.74. The van der Waals surface area contributed by atoms with Gasteiger partial charge in [0.1, 0.15) is 12.6 Å². The first-order valence-corrected chi connectivity index (χ1v) is 16.0. The number of nitro groups is 1. The van der Waals surface area contributed by atoms with Crippen LogP contribution >= 0.6 is 23.2 Å². The summed E-state index contributed by atoms with van der Waals surface area (Å²) in [5, 5.41) is 15.1. The number of carbonyl (C=O) groups is 2. The number of halogens is 2. The first-order chi connectivity index (χ1) is 20.5. The molecular formula is C30H32Cl2N4O6S. The highest BCUT2D eigenvalue weighted by Gasteiger charge is 2.33. The fraction of sp³-hybridized carbons (Fsp3) is 0.333. The van der Waals surface area contributed by atoms with Gasteiger partial charge in [-0.25, -0.2) is 8.42 Å². The maximum atomic E-state index is 14.1. The van der Waals surface area contributed by atoms with Gasteiger partial charge in [-0.2, -0.15) is 0 Å². The number of nitro benzene ring substituents is 1. The van der Waals surface area contributed by atoms with Gasteiger partial charge in [-0.05, 0) is 55.7 Å². The van der Waals surface area contributed by atoms with Crippen LogP contribution in [0.15, 0.2) is 77.7 Å². The SMILES string of the molecule is C[C@@H](C(=O)NC1CCCCC1)N(Cc1ccc(Cl)c(Cl)c1)C(=O)CN(c1cccc([N+](=O)[O-])c1)S(=O)(=O)c1ccccc1. The van der Waals surface area contributed by atoms with Crippen LogP contribution in [0.25, 0.3) is 0 Å². The number of hydrogen-bond acceptors (Lipinski definition) is 6. The molecule has 0 radical (unpaired) electrons. The van der Waals surface area contributed by atoms with E-state index in [1.165, 1.54) is 47.4 Å². The summed E-state index contributed by atoms with van der Waals surface area (Å²) in [6, 6.07) is 16.3. The van der Waals surface area contributed by atoms with Gasteiger partial charge in [-0.3, -0.25) is 24.0 Å². The van der Waals surface area contributed by atoms with Crippen LogP contribution in [0.1, 0.15) is 44.6 Å². The molecule has 1 aliphatic rings. The zero-order valence-corrected chi connectivity index (χ0v) is 25.8. The molecule has 3 aromatic rings. The van der Waals surface area contributed by atoms with Crippen molar-refractivity contribution in [2.45, 2.75) is 62.6 Å². The van der Waals surface area contributed by atoms with Crippen LogP contribution in [0.5, 0.6) is 0 Å². The largest absolute Gasteiger partial charge is 0.352 e. The predicted octanol–water partition coefficient (Wildman–Crippen LogP) is 5.96. The number of rotatable bonds is 11. The second-order valence-electron chi connectivity index (χ2n) is 10.4. The minimum atomic E-state index is -4.35. The van der Waals surface area contributed by atoms with E-state index < -0.39 is 33.4 Å². The number of non-ortho nitro benzene ring substituents is 1. The van der Waals surface area contributed by atoms with Crippen molar-refractivity contribution in [1.82, 2.24) is 10.2 Å². The van der Waals surface area contributed by atoms with Gasteiger partial charge in [0.05, 0.1) is 25.6 Å². The van der Waals surface area contributed by atoms with Crippen molar-refractivity contribution >= 4 is 56.4 Å². The number of carbonyl (C=O) groups excluding carboxylic acids is 2. The Hall–Kier alpha value is -3.67. The molecule has 4 rings (SSSR count). The molecular weight excluding hydrogens is 615 g/mol. The lowest BCUT2D eigenvalue weighted by molar-refractivity contribution is -0.384. The van der Waals surface area contributed by atoms with Gasteiger partial charge >= 0.3 is 0 Å². The van der Waals surface area contributed by atoms with Crippen molar-refractivity contribution in [3.05, 3.63) is 98.5 Å². The maximum Gasteiger partial charge on any atom is 0.271 e. The van der Waals surface area contributed by atoms with Crippen LogP contribution in [-0.4, -0.2) is 48.7 Å². The Kier molecular flexibility index (Phi) is 10.6. The van der Waals surface area contributed by atoms with Gasteiger partial charge in [0.2, 0.25) is 11.8 Å². The molecule has 13 heteroatoms. The molecule has 0 unspecified atom stereocenters. The molecule has 0 bridgehead atoms. The van der Waals surface area contributed by atoms with E-state index in [2.05, 4.69) is 5.32 Å². The van der Waals surface area contributed by atoms with E-state index in [0.717, 1.165) is 42.5 Å². The summed E-state index contributed by atoms with van der Waals surface area (Å²) in [5.41, 5.74) is 0.166. The summed E-state index contributed by atoms with van der Waals surface area (Å²) in [6.07, 6.45) is 4.79. The monoisotopic (exact) mass is 646 g/mol. The average molecular weight is 648 g/mol. The van der Waals surface area contributed by atoms with E-state index in [1.807, 2.05) is 0 Å². The van der Waals surface area contributed by atoms with Gasteiger partial charge in [0, 0.05) is 24.7 Å². The number of hydrogen-bond donors (Lipinski definition) is 1. The molecule has 1 N–H and O–H groups in total. The van der Waals surface area contributed by atoms with Gasteiger partial charge in [-0.15, -0.1) is 0 Å². The molecule has 1 saturated carbocycles. The number of nitrogens with zero attached hydrogens (tertiary/aromatic N) is 3. The zero-order chi connectivity index (χ0) is 31.1. The smallest absolute Gasteiger partial charge is 0.271 e. The maximum absolute atomic E-state index is 14.1. The Morgan fingerprint density at radius 3 is 2.33 bits per heavy atom. The summed E-state index contributed by atoms with van der Waals surface area (Å²) < 4.78 is 28.5. The molecule has 1 atom stereocenters. The number of amides is 2. The lowest BCUT2D eigenvalue weighted by Crippen LogP contribution is -2.53. The second-order valence-corrected chi connectivity index (χ2v) is 13.1. The molecule has 228 valence electrons. The van der Waals surface area contributed by atoms with Crippen LogP contribution in [0.3, 0.4) is 0 Å². The van der Waals surface area contributed by atoms with Crippen LogP contribution < -0.4 is 9.62 Å².